The van der Waals surface area contributed by atoms with Gasteiger partial charge in [0.15, 0.2) is 0 Å². The van der Waals surface area contributed by atoms with Crippen LogP contribution in [0.5, 0.6) is 5.75 Å². The molecule has 2 aromatic carbocycles. The number of fused-ring (bicyclic) bond motifs is 1. The average Bonchev–Trinajstić information content (AvgIpc) is 3.55. The summed E-state index contributed by atoms with van der Waals surface area (Å²) in [7, 11) is 0. The lowest BCUT2D eigenvalue weighted by atomic mass is 9.95. The van der Waals surface area contributed by atoms with Crippen LogP contribution >= 0.6 is 0 Å². The highest BCUT2D eigenvalue weighted by Gasteiger charge is 2.42. The molecular formula is C28H29N3O3. The number of nitrogens with zero attached hydrogens (tertiary/aromatic N) is 2. The summed E-state index contributed by atoms with van der Waals surface area (Å²) in [6.07, 6.45) is 2.64. The molecule has 1 unspecified atom stereocenters. The molecule has 5 rings (SSSR count). The molecule has 0 fully saturated rings. The maximum absolute atomic E-state index is 13.5. The Morgan fingerprint density at radius 2 is 1.85 bits per heavy atom. The van der Waals surface area contributed by atoms with Crippen LogP contribution in [0.15, 0.2) is 71.3 Å². The third-order valence-electron chi connectivity index (χ3n) is 6.25. The number of amides is 1. The number of H-pyrrole nitrogens is 1. The summed E-state index contributed by atoms with van der Waals surface area (Å²) in [5.74, 6) is 2.08. The minimum Gasteiger partial charge on any atom is -0.494 e. The molecule has 0 bridgehead atoms. The van der Waals surface area contributed by atoms with Crippen molar-refractivity contribution >= 4 is 5.91 Å². The van der Waals surface area contributed by atoms with E-state index in [1.807, 2.05) is 53.4 Å². The van der Waals surface area contributed by atoms with Crippen LogP contribution in [0.2, 0.25) is 0 Å². The standard InChI is InChI=1S/C28H29N3O3/c1-18(2)14-16-34-22-12-10-21(11-13-22)27-24-25(20-8-6-19(3)7-9-20)29-30-26(24)28(32)31(27)17-23-5-4-15-33-23/h4-13,15,18,27H,14,16-17H2,1-3H3,(H,29,30). The van der Waals surface area contributed by atoms with Crippen LogP contribution in [0.3, 0.4) is 0 Å². The number of hydrogen-bond acceptors (Lipinski definition) is 4. The number of rotatable bonds is 8. The van der Waals surface area contributed by atoms with Gasteiger partial charge in [0.25, 0.3) is 5.91 Å². The summed E-state index contributed by atoms with van der Waals surface area (Å²) in [6.45, 7) is 7.49. The van der Waals surface area contributed by atoms with Crippen LogP contribution < -0.4 is 4.74 Å². The molecular weight excluding hydrogens is 426 g/mol. The van der Waals surface area contributed by atoms with Crippen molar-refractivity contribution in [3.63, 3.8) is 0 Å². The van der Waals surface area contributed by atoms with Crippen LogP contribution in [0.1, 0.15) is 59.2 Å². The largest absolute Gasteiger partial charge is 0.494 e. The van der Waals surface area contributed by atoms with E-state index in [2.05, 4.69) is 43.1 Å². The van der Waals surface area contributed by atoms with Gasteiger partial charge in [-0.3, -0.25) is 9.89 Å². The lowest BCUT2D eigenvalue weighted by molar-refractivity contribution is 0.0717. The van der Waals surface area contributed by atoms with Crippen molar-refractivity contribution in [3.05, 3.63) is 95.1 Å². The SMILES string of the molecule is Cc1ccc(-c2n[nH]c3c2C(c2ccc(OCCC(C)C)cc2)N(Cc2ccco2)C3=O)cc1. The topological polar surface area (TPSA) is 71.4 Å². The van der Waals surface area contributed by atoms with E-state index < -0.39 is 0 Å². The van der Waals surface area contributed by atoms with E-state index in [-0.39, 0.29) is 11.9 Å². The molecule has 34 heavy (non-hydrogen) atoms. The van der Waals surface area contributed by atoms with E-state index in [4.69, 9.17) is 9.15 Å². The lowest BCUT2D eigenvalue weighted by Gasteiger charge is -2.25. The number of nitrogens with one attached hydrogen (secondary N) is 1. The van der Waals surface area contributed by atoms with E-state index in [9.17, 15) is 4.79 Å². The number of aryl methyl sites for hydroxylation is 1. The quantitative estimate of drug-likeness (QED) is 0.346. The second-order valence-corrected chi connectivity index (χ2v) is 9.24. The predicted molar refractivity (Wildman–Crippen MR) is 131 cm³/mol. The van der Waals surface area contributed by atoms with E-state index >= 15 is 0 Å². The Morgan fingerprint density at radius 3 is 2.53 bits per heavy atom. The van der Waals surface area contributed by atoms with Gasteiger partial charge in [-0.15, -0.1) is 0 Å². The number of hydrogen-bond donors (Lipinski definition) is 1. The van der Waals surface area contributed by atoms with Gasteiger partial charge in [-0.05, 0) is 49.1 Å². The van der Waals surface area contributed by atoms with Crippen molar-refractivity contribution in [3.8, 4) is 17.0 Å². The van der Waals surface area contributed by atoms with E-state index in [0.29, 0.717) is 24.8 Å². The molecule has 2 aromatic heterocycles. The van der Waals surface area contributed by atoms with Gasteiger partial charge in [0.2, 0.25) is 0 Å². The van der Waals surface area contributed by atoms with Crippen molar-refractivity contribution in [2.45, 2.75) is 39.8 Å². The van der Waals surface area contributed by atoms with Crippen LogP contribution in [0, 0.1) is 12.8 Å². The Hall–Kier alpha value is -3.80. The average molecular weight is 456 g/mol. The van der Waals surface area contributed by atoms with Crippen molar-refractivity contribution in [2.75, 3.05) is 6.61 Å². The first-order valence-electron chi connectivity index (χ1n) is 11.7. The van der Waals surface area contributed by atoms with Crippen LogP contribution in [-0.4, -0.2) is 27.6 Å². The first-order chi connectivity index (χ1) is 16.5. The second-order valence-electron chi connectivity index (χ2n) is 9.24. The molecule has 3 heterocycles. The number of carbonyl (C=O) groups excluding carboxylic acids is 1. The third kappa shape index (κ3) is 4.23. The molecule has 6 heteroatoms. The van der Waals surface area contributed by atoms with Crippen molar-refractivity contribution < 1.29 is 13.9 Å². The predicted octanol–water partition coefficient (Wildman–Crippen LogP) is 6.15. The third-order valence-corrected chi connectivity index (χ3v) is 6.25. The molecule has 1 amide bonds. The zero-order chi connectivity index (χ0) is 23.7. The molecule has 0 aliphatic carbocycles. The maximum Gasteiger partial charge on any atom is 0.273 e. The van der Waals surface area contributed by atoms with Gasteiger partial charge in [0.05, 0.1) is 31.2 Å². The first-order valence-corrected chi connectivity index (χ1v) is 11.7. The van der Waals surface area contributed by atoms with Crippen LogP contribution in [0.4, 0.5) is 0 Å². The Labute approximate surface area is 199 Å². The van der Waals surface area contributed by atoms with Gasteiger partial charge in [0, 0.05) is 11.1 Å². The fourth-order valence-electron chi connectivity index (χ4n) is 4.37. The smallest absolute Gasteiger partial charge is 0.273 e. The van der Waals surface area contributed by atoms with Gasteiger partial charge in [0.1, 0.15) is 17.2 Å². The summed E-state index contributed by atoms with van der Waals surface area (Å²) in [5, 5.41) is 7.56. The molecule has 1 aliphatic rings. The second kappa shape index (κ2) is 9.21. The highest BCUT2D eigenvalue weighted by atomic mass is 16.5. The van der Waals surface area contributed by atoms with E-state index in [0.717, 1.165) is 40.3 Å². The number of carbonyl (C=O) groups is 1. The maximum atomic E-state index is 13.5. The highest BCUT2D eigenvalue weighted by Crippen LogP contribution is 2.43. The number of ether oxygens (including phenoxy) is 1. The zero-order valence-electron chi connectivity index (χ0n) is 19.7. The molecule has 1 atom stereocenters. The van der Waals surface area contributed by atoms with Gasteiger partial charge in [-0.25, -0.2) is 0 Å². The Kier molecular flexibility index (Phi) is 5.97. The molecule has 6 nitrogen and oxygen atoms in total. The molecule has 0 saturated carbocycles. The van der Waals surface area contributed by atoms with Crippen molar-refractivity contribution in [2.24, 2.45) is 5.92 Å². The summed E-state index contributed by atoms with van der Waals surface area (Å²) >= 11 is 0. The highest BCUT2D eigenvalue weighted by molar-refractivity contribution is 6.00. The Morgan fingerprint density at radius 1 is 1.09 bits per heavy atom. The van der Waals surface area contributed by atoms with Gasteiger partial charge >= 0.3 is 0 Å². The molecule has 174 valence electrons. The van der Waals surface area contributed by atoms with E-state index in [1.54, 1.807) is 6.26 Å². The molecule has 0 spiro atoms. The number of aromatic nitrogens is 2. The van der Waals surface area contributed by atoms with Gasteiger partial charge in [-0.1, -0.05) is 55.8 Å². The molecule has 1 N–H and O–H groups in total. The molecule has 4 aromatic rings. The van der Waals surface area contributed by atoms with Crippen LogP contribution in [-0.2, 0) is 6.54 Å². The summed E-state index contributed by atoms with van der Waals surface area (Å²) in [4.78, 5) is 15.3. The molecule has 1 aliphatic heterocycles. The van der Waals surface area contributed by atoms with Crippen LogP contribution in [0.25, 0.3) is 11.3 Å². The van der Waals surface area contributed by atoms with E-state index in [1.165, 1.54) is 5.56 Å². The van der Waals surface area contributed by atoms with Crippen molar-refractivity contribution in [1.29, 1.82) is 0 Å². The minimum atomic E-state index is -0.285. The fourth-order valence-corrected chi connectivity index (χ4v) is 4.37. The zero-order valence-corrected chi connectivity index (χ0v) is 19.7. The number of aromatic amines is 1. The summed E-state index contributed by atoms with van der Waals surface area (Å²) < 4.78 is 11.5. The monoisotopic (exact) mass is 455 g/mol. The Balaban J connectivity index is 1.52. The van der Waals surface area contributed by atoms with Gasteiger partial charge < -0.3 is 14.1 Å². The normalized spacial score (nSPS) is 15.2. The Bertz CT molecular complexity index is 1260. The number of furan rings is 1. The first kappa shape index (κ1) is 22.0. The van der Waals surface area contributed by atoms with Crippen molar-refractivity contribution in [1.82, 2.24) is 15.1 Å². The number of benzene rings is 2. The lowest BCUT2D eigenvalue weighted by Crippen LogP contribution is -2.28. The molecule has 0 saturated heterocycles. The summed E-state index contributed by atoms with van der Waals surface area (Å²) in [6, 6.07) is 19.7. The molecule has 0 radical (unpaired) electrons. The summed E-state index contributed by atoms with van der Waals surface area (Å²) in [5.41, 5.74) is 5.39. The minimum absolute atomic E-state index is 0.0838. The van der Waals surface area contributed by atoms with Gasteiger partial charge in [-0.2, -0.15) is 5.10 Å². The fraction of sp³-hybridized carbons (Fsp3) is 0.286.